The molecule has 2 nitrogen and oxygen atoms in total. The van der Waals surface area contributed by atoms with Crippen molar-refractivity contribution in [2.45, 2.75) is 13.8 Å². The van der Waals surface area contributed by atoms with E-state index in [4.69, 9.17) is 0 Å². The van der Waals surface area contributed by atoms with Crippen molar-refractivity contribution in [2.24, 2.45) is 0 Å². The molecule has 0 aromatic rings. The summed E-state index contributed by atoms with van der Waals surface area (Å²) in [5.74, 6) is -0.167. The molecule has 0 unspecified atom stereocenters. The van der Waals surface area contributed by atoms with Gasteiger partial charge >= 0.3 is 21.7 Å². The Labute approximate surface area is 70.9 Å². The second kappa shape index (κ2) is 10.7. The summed E-state index contributed by atoms with van der Waals surface area (Å²) in [7, 11) is 0. The van der Waals surface area contributed by atoms with Gasteiger partial charge in [0.05, 0.1) is 0 Å². The van der Waals surface area contributed by atoms with Crippen LogP contribution in [-0.4, -0.2) is 11.6 Å². The Morgan fingerprint density at radius 3 is 1.00 bits per heavy atom. The van der Waals surface area contributed by atoms with Crippen molar-refractivity contribution in [1.29, 1.82) is 0 Å². The van der Waals surface area contributed by atoms with Crippen LogP contribution in [0.4, 0.5) is 0 Å². The molecule has 0 aromatic carbocycles. The van der Waals surface area contributed by atoms with Crippen molar-refractivity contribution < 1.29 is 31.3 Å². The number of rotatable bonds is 0. The van der Waals surface area contributed by atoms with Crippen molar-refractivity contribution in [3.05, 3.63) is 13.8 Å². The van der Waals surface area contributed by atoms with Crippen molar-refractivity contribution in [3.63, 3.8) is 0 Å². The van der Waals surface area contributed by atoms with Gasteiger partial charge in [-0.2, -0.15) is 0 Å². The van der Waals surface area contributed by atoms with Crippen LogP contribution in [0.3, 0.4) is 0 Å². The van der Waals surface area contributed by atoms with Gasteiger partial charge in [-0.25, -0.2) is 0 Å². The molecular weight excluding hydrogens is 152 g/mol. The summed E-state index contributed by atoms with van der Waals surface area (Å²) < 4.78 is 0. The Balaban J connectivity index is -0.0000000720. The van der Waals surface area contributed by atoms with Crippen LogP contribution < -0.4 is 0 Å². The molecule has 0 heterocycles. The standard InChI is InChI=1S/2C3H5O.Ti/c2*1-3(2)4;/h2*1H2,2H3;/q2*-1;+2. The minimum Gasteiger partial charge on any atom is -0.340 e. The molecule has 0 saturated heterocycles. The molecule has 0 spiro atoms. The first-order valence-corrected chi connectivity index (χ1v) is 2.12. The number of carbonyl (C=O) groups excluding carboxylic acids is 2. The average molecular weight is 162 g/mol. The van der Waals surface area contributed by atoms with Crippen molar-refractivity contribution in [1.82, 2.24) is 0 Å². The Bertz CT molecular complexity index is 69.1. The summed E-state index contributed by atoms with van der Waals surface area (Å²) in [6.45, 7) is 8.83. The fourth-order valence-electron chi connectivity index (χ4n) is 0. The number of Topliss-reactive ketones (excluding diaryl/α,β-unsaturated/α-hetero) is 2. The van der Waals surface area contributed by atoms with Crippen molar-refractivity contribution >= 4 is 11.6 Å². The molecule has 0 aliphatic carbocycles. The van der Waals surface area contributed by atoms with E-state index < -0.39 is 0 Å². The van der Waals surface area contributed by atoms with E-state index in [0.717, 1.165) is 0 Å². The zero-order valence-electron chi connectivity index (χ0n) is 5.73. The van der Waals surface area contributed by atoms with E-state index in [9.17, 15) is 9.59 Å². The summed E-state index contributed by atoms with van der Waals surface area (Å²) in [5.41, 5.74) is 0. The van der Waals surface area contributed by atoms with Crippen LogP contribution in [0.2, 0.25) is 0 Å². The van der Waals surface area contributed by atoms with Crippen LogP contribution in [0, 0.1) is 13.8 Å². The Hall–Kier alpha value is -0.206. The van der Waals surface area contributed by atoms with Gasteiger partial charge in [0.2, 0.25) is 0 Å². The molecule has 0 N–H and O–H groups in total. The van der Waals surface area contributed by atoms with Gasteiger partial charge in [-0.3, -0.25) is 0 Å². The number of ketones is 2. The topological polar surface area (TPSA) is 34.1 Å². The Morgan fingerprint density at radius 2 is 1.00 bits per heavy atom. The van der Waals surface area contributed by atoms with Gasteiger partial charge in [0.25, 0.3) is 0 Å². The van der Waals surface area contributed by atoms with E-state index >= 15 is 0 Å². The first-order valence-electron chi connectivity index (χ1n) is 2.12. The third kappa shape index (κ3) is 6180. The van der Waals surface area contributed by atoms with Crippen molar-refractivity contribution in [3.8, 4) is 0 Å². The third-order valence-electron chi connectivity index (χ3n) is 0. The Kier molecular flexibility index (Phi) is 18.9. The fourth-order valence-corrected chi connectivity index (χ4v) is 0. The maximum absolute atomic E-state index is 9.33. The smallest absolute Gasteiger partial charge is 0.340 e. The third-order valence-corrected chi connectivity index (χ3v) is 0. The van der Waals surface area contributed by atoms with E-state index in [1.54, 1.807) is 0 Å². The predicted molar refractivity (Wildman–Crippen MR) is 32.1 cm³/mol. The second-order valence-corrected chi connectivity index (χ2v) is 1.40. The summed E-state index contributed by atoms with van der Waals surface area (Å²) >= 11 is 0. The zero-order valence-corrected chi connectivity index (χ0v) is 7.29. The molecule has 0 aliphatic heterocycles. The van der Waals surface area contributed by atoms with E-state index in [1.165, 1.54) is 13.8 Å². The van der Waals surface area contributed by atoms with Crippen LogP contribution in [-0.2, 0) is 31.3 Å². The number of carbonyl (C=O) groups is 2. The maximum Gasteiger partial charge on any atom is 2.00 e. The Morgan fingerprint density at radius 1 is 1.00 bits per heavy atom. The molecular formula is C6H10O2Ti. The van der Waals surface area contributed by atoms with Crippen LogP contribution in [0.1, 0.15) is 13.8 Å². The van der Waals surface area contributed by atoms with E-state index in [0.29, 0.717) is 0 Å². The molecule has 0 saturated carbocycles. The molecule has 9 heavy (non-hydrogen) atoms. The van der Waals surface area contributed by atoms with Gasteiger partial charge in [-0.1, -0.05) is 0 Å². The molecule has 3 heteroatoms. The predicted octanol–water partition coefficient (Wildman–Crippen LogP) is 0.816. The quantitative estimate of drug-likeness (QED) is 0.390. The van der Waals surface area contributed by atoms with E-state index in [-0.39, 0.29) is 33.3 Å². The average Bonchev–Trinajstić information content (AvgIpc) is 1.25. The van der Waals surface area contributed by atoms with Gasteiger partial charge in [-0.05, 0) is 25.4 Å². The first kappa shape index (κ1) is 15.9. The fraction of sp³-hybridized carbons (Fsp3) is 0.333. The van der Waals surface area contributed by atoms with Gasteiger partial charge in [-0.15, -0.1) is 0 Å². The molecule has 0 radical (unpaired) electrons. The number of hydrogen-bond acceptors (Lipinski definition) is 2. The minimum atomic E-state index is -0.0833. The molecule has 0 rings (SSSR count). The van der Waals surface area contributed by atoms with Gasteiger partial charge < -0.3 is 23.4 Å². The molecule has 0 bridgehead atoms. The first-order chi connectivity index (χ1) is 3.46. The van der Waals surface area contributed by atoms with Crippen LogP contribution in [0.25, 0.3) is 0 Å². The maximum atomic E-state index is 9.33. The SMILES string of the molecule is [CH2-]C(C)=O.[CH2-]C(C)=O.[Ti+2]. The molecule has 0 aromatic heterocycles. The monoisotopic (exact) mass is 162 g/mol. The van der Waals surface area contributed by atoms with Gasteiger partial charge in [0.1, 0.15) is 0 Å². The van der Waals surface area contributed by atoms with Gasteiger partial charge in [0.15, 0.2) is 0 Å². The summed E-state index contributed by atoms with van der Waals surface area (Å²) in [4.78, 5) is 18.7. The van der Waals surface area contributed by atoms with E-state index in [2.05, 4.69) is 13.8 Å². The molecule has 0 fully saturated rings. The summed E-state index contributed by atoms with van der Waals surface area (Å²) in [6, 6.07) is 0. The molecule has 0 amide bonds. The normalized spacial score (nSPS) is 5.56. The minimum absolute atomic E-state index is 0. The zero-order chi connectivity index (χ0) is 7.15. The van der Waals surface area contributed by atoms with Crippen LogP contribution >= 0.6 is 0 Å². The van der Waals surface area contributed by atoms with E-state index in [1.807, 2.05) is 0 Å². The summed E-state index contributed by atoms with van der Waals surface area (Å²) in [5, 5.41) is 0. The van der Waals surface area contributed by atoms with Crippen molar-refractivity contribution in [2.75, 3.05) is 0 Å². The summed E-state index contributed by atoms with van der Waals surface area (Å²) in [6.07, 6.45) is 0. The molecule has 0 atom stereocenters. The number of hydrogen-bond donors (Lipinski definition) is 0. The molecule has 0 aliphatic rings. The largest absolute Gasteiger partial charge is 2.00 e. The van der Waals surface area contributed by atoms with Crippen LogP contribution in [0.15, 0.2) is 0 Å². The van der Waals surface area contributed by atoms with Gasteiger partial charge in [0, 0.05) is 0 Å². The second-order valence-electron chi connectivity index (χ2n) is 1.40. The van der Waals surface area contributed by atoms with Crippen LogP contribution in [0.5, 0.6) is 0 Å². The molecule has 50 valence electrons.